The van der Waals surface area contributed by atoms with Crippen LogP contribution in [0, 0.1) is 0 Å². The summed E-state index contributed by atoms with van der Waals surface area (Å²) in [6.45, 7) is 1.95. The third-order valence-corrected chi connectivity index (χ3v) is 3.95. The molecule has 26 heavy (non-hydrogen) atoms. The van der Waals surface area contributed by atoms with E-state index in [-0.39, 0.29) is 23.9 Å². The lowest BCUT2D eigenvalue weighted by Crippen LogP contribution is -2.16. The maximum Gasteiger partial charge on any atom is 0.358 e. The number of amides is 1. The summed E-state index contributed by atoms with van der Waals surface area (Å²) in [7, 11) is 1.59. The molecule has 0 aliphatic heterocycles. The van der Waals surface area contributed by atoms with Crippen molar-refractivity contribution in [2.45, 2.75) is 6.92 Å². The Morgan fingerprint density at radius 3 is 2.62 bits per heavy atom. The van der Waals surface area contributed by atoms with Crippen LogP contribution in [0.2, 0.25) is 0 Å². The van der Waals surface area contributed by atoms with Crippen LogP contribution in [-0.2, 0) is 11.8 Å². The third-order valence-electron chi connectivity index (χ3n) is 3.54. The second-order valence-corrected chi connectivity index (χ2v) is 6.28. The van der Waals surface area contributed by atoms with Crippen LogP contribution in [0.4, 0.5) is 5.69 Å². The fourth-order valence-electron chi connectivity index (χ4n) is 2.32. The van der Waals surface area contributed by atoms with Crippen LogP contribution < -0.4 is 5.32 Å². The van der Waals surface area contributed by atoms with Crippen molar-refractivity contribution in [3.05, 3.63) is 58.6 Å². The van der Waals surface area contributed by atoms with E-state index in [0.717, 1.165) is 10.2 Å². The summed E-state index contributed by atoms with van der Waals surface area (Å²) in [5, 5.41) is 11.0. The highest BCUT2D eigenvalue weighted by atomic mass is 79.9. The van der Waals surface area contributed by atoms with Crippen LogP contribution in [0.3, 0.4) is 0 Å². The minimum absolute atomic E-state index is 0.0964. The largest absolute Gasteiger partial charge is 0.461 e. The minimum atomic E-state index is -0.558. The smallest absolute Gasteiger partial charge is 0.358 e. The molecule has 1 aromatic carbocycles. The first-order valence-electron chi connectivity index (χ1n) is 7.81. The maximum absolute atomic E-state index is 12.4. The Bertz CT molecular complexity index is 946. The number of carbonyl (C=O) groups excluding carboxylic acids is 2. The van der Waals surface area contributed by atoms with E-state index >= 15 is 0 Å². The zero-order chi connectivity index (χ0) is 18.7. The van der Waals surface area contributed by atoms with E-state index < -0.39 is 5.97 Å². The molecule has 0 unspecified atom stereocenters. The van der Waals surface area contributed by atoms with Gasteiger partial charge in [-0.05, 0) is 47.1 Å². The maximum atomic E-state index is 12.4. The Labute approximate surface area is 157 Å². The van der Waals surface area contributed by atoms with Gasteiger partial charge >= 0.3 is 5.97 Å². The van der Waals surface area contributed by atoms with Gasteiger partial charge in [0.05, 0.1) is 23.0 Å². The summed E-state index contributed by atoms with van der Waals surface area (Å²) in [5.41, 5.74) is 1.83. The predicted octanol–water partition coefficient (Wildman–Crippen LogP) is 2.80. The summed E-state index contributed by atoms with van der Waals surface area (Å²) in [5.74, 6) is -0.929. The third kappa shape index (κ3) is 3.83. The number of anilines is 1. The standard InChI is InChI=1S/C17H16BrN5O3/c1-3-26-17(25)14-8-15(22(2)21-14)16(24)20-12-4-6-13(7-5-12)23-10-11(18)9-19-23/h4-10H,3H2,1-2H3,(H,20,24). The molecule has 9 heteroatoms. The predicted molar refractivity (Wildman–Crippen MR) is 98.4 cm³/mol. The Balaban J connectivity index is 1.73. The summed E-state index contributed by atoms with van der Waals surface area (Å²) >= 11 is 3.35. The van der Waals surface area contributed by atoms with Crippen molar-refractivity contribution >= 4 is 33.5 Å². The Morgan fingerprint density at radius 2 is 2.00 bits per heavy atom. The summed E-state index contributed by atoms with van der Waals surface area (Å²) < 4.78 is 8.83. The molecule has 2 heterocycles. The second-order valence-electron chi connectivity index (χ2n) is 5.36. The molecule has 0 atom stereocenters. The average molecular weight is 418 g/mol. The number of aryl methyl sites for hydroxylation is 1. The van der Waals surface area contributed by atoms with Gasteiger partial charge in [-0.15, -0.1) is 0 Å². The number of nitrogens with one attached hydrogen (secondary N) is 1. The van der Waals surface area contributed by atoms with Crippen LogP contribution in [0.1, 0.15) is 27.9 Å². The normalized spacial score (nSPS) is 10.6. The monoisotopic (exact) mass is 417 g/mol. The van der Waals surface area contributed by atoms with Gasteiger partial charge in [-0.3, -0.25) is 9.48 Å². The molecule has 0 spiro atoms. The molecule has 1 amide bonds. The number of hydrogen-bond donors (Lipinski definition) is 1. The summed E-state index contributed by atoms with van der Waals surface area (Å²) in [4.78, 5) is 24.2. The van der Waals surface area contributed by atoms with Gasteiger partial charge < -0.3 is 10.1 Å². The van der Waals surface area contributed by atoms with Gasteiger partial charge in [-0.25, -0.2) is 9.48 Å². The first-order chi connectivity index (χ1) is 12.5. The van der Waals surface area contributed by atoms with E-state index in [1.165, 1.54) is 10.7 Å². The van der Waals surface area contributed by atoms with Crippen molar-refractivity contribution < 1.29 is 14.3 Å². The molecule has 0 fully saturated rings. The highest BCUT2D eigenvalue weighted by Gasteiger charge is 2.18. The first kappa shape index (κ1) is 17.9. The lowest BCUT2D eigenvalue weighted by molar-refractivity contribution is 0.0518. The second kappa shape index (κ2) is 7.52. The average Bonchev–Trinajstić information content (AvgIpc) is 3.22. The van der Waals surface area contributed by atoms with Gasteiger partial charge in [0.15, 0.2) is 5.69 Å². The molecule has 2 aromatic heterocycles. The van der Waals surface area contributed by atoms with Gasteiger partial charge in [0.2, 0.25) is 0 Å². The van der Waals surface area contributed by atoms with Gasteiger partial charge in [0.25, 0.3) is 5.91 Å². The van der Waals surface area contributed by atoms with Crippen LogP contribution in [0.15, 0.2) is 47.2 Å². The highest BCUT2D eigenvalue weighted by molar-refractivity contribution is 9.10. The van der Waals surface area contributed by atoms with Gasteiger partial charge in [-0.2, -0.15) is 10.2 Å². The van der Waals surface area contributed by atoms with Crippen LogP contribution >= 0.6 is 15.9 Å². The molecule has 8 nitrogen and oxygen atoms in total. The molecule has 134 valence electrons. The van der Waals surface area contributed by atoms with Crippen molar-refractivity contribution in [1.29, 1.82) is 0 Å². The number of halogens is 1. The van der Waals surface area contributed by atoms with Gasteiger partial charge in [-0.1, -0.05) is 0 Å². The molecule has 0 aliphatic carbocycles. The van der Waals surface area contributed by atoms with E-state index in [0.29, 0.717) is 5.69 Å². The summed E-state index contributed by atoms with van der Waals surface area (Å²) in [6.07, 6.45) is 3.53. The van der Waals surface area contributed by atoms with E-state index in [2.05, 4.69) is 31.4 Å². The number of nitrogens with zero attached hydrogens (tertiary/aromatic N) is 4. The number of aromatic nitrogens is 4. The molecule has 0 saturated heterocycles. The van der Waals surface area contributed by atoms with E-state index in [1.54, 1.807) is 37.0 Å². The van der Waals surface area contributed by atoms with Crippen molar-refractivity contribution in [3.8, 4) is 5.69 Å². The number of benzene rings is 1. The number of ether oxygens (including phenoxy) is 1. The van der Waals surface area contributed by atoms with E-state index in [1.807, 2.05) is 18.3 Å². The van der Waals surface area contributed by atoms with Gasteiger partial charge in [0, 0.05) is 25.0 Å². The lowest BCUT2D eigenvalue weighted by atomic mass is 10.2. The molecule has 3 rings (SSSR count). The molecule has 0 bridgehead atoms. The molecular formula is C17H16BrN5O3. The lowest BCUT2D eigenvalue weighted by Gasteiger charge is -2.06. The molecule has 3 aromatic rings. The van der Waals surface area contributed by atoms with Crippen LogP contribution in [0.5, 0.6) is 0 Å². The van der Waals surface area contributed by atoms with Crippen molar-refractivity contribution in [2.24, 2.45) is 7.05 Å². The Hall–Kier alpha value is -2.94. The molecule has 0 saturated carbocycles. The SMILES string of the molecule is CCOC(=O)c1cc(C(=O)Nc2ccc(-n3cc(Br)cn3)cc2)n(C)n1. The Morgan fingerprint density at radius 1 is 1.27 bits per heavy atom. The van der Waals surface area contributed by atoms with E-state index in [9.17, 15) is 9.59 Å². The van der Waals surface area contributed by atoms with Gasteiger partial charge in [0.1, 0.15) is 5.69 Å². The fraction of sp³-hybridized carbons (Fsp3) is 0.176. The van der Waals surface area contributed by atoms with Crippen LogP contribution in [-0.4, -0.2) is 38.0 Å². The molecular weight excluding hydrogens is 402 g/mol. The number of esters is 1. The Kier molecular flexibility index (Phi) is 5.17. The number of carbonyl (C=O) groups is 2. The quantitative estimate of drug-likeness (QED) is 0.644. The van der Waals surface area contributed by atoms with Crippen LogP contribution in [0.25, 0.3) is 5.69 Å². The molecule has 0 aliphatic rings. The minimum Gasteiger partial charge on any atom is -0.461 e. The topological polar surface area (TPSA) is 91.0 Å². The van der Waals surface area contributed by atoms with Crippen molar-refractivity contribution in [1.82, 2.24) is 19.6 Å². The molecule has 0 radical (unpaired) electrons. The van der Waals surface area contributed by atoms with E-state index in [4.69, 9.17) is 4.74 Å². The van der Waals surface area contributed by atoms with Crippen molar-refractivity contribution in [2.75, 3.05) is 11.9 Å². The number of rotatable bonds is 5. The zero-order valence-corrected chi connectivity index (χ0v) is 15.7. The zero-order valence-electron chi connectivity index (χ0n) is 14.1. The number of hydrogen-bond acceptors (Lipinski definition) is 5. The first-order valence-corrected chi connectivity index (χ1v) is 8.60. The van der Waals surface area contributed by atoms with Crippen molar-refractivity contribution in [3.63, 3.8) is 0 Å². The highest BCUT2D eigenvalue weighted by Crippen LogP contribution is 2.16. The fourth-order valence-corrected chi connectivity index (χ4v) is 2.60. The molecule has 1 N–H and O–H groups in total. The summed E-state index contributed by atoms with van der Waals surface area (Å²) in [6, 6.07) is 8.62.